The molecule has 0 aromatic carbocycles. The summed E-state index contributed by atoms with van der Waals surface area (Å²) >= 11 is 0. The third-order valence-corrected chi connectivity index (χ3v) is 4.00. The monoisotopic (exact) mass is 256 g/mol. The van der Waals surface area contributed by atoms with E-state index in [0.29, 0.717) is 0 Å². The van der Waals surface area contributed by atoms with Crippen molar-refractivity contribution in [2.45, 2.75) is 44.2 Å². The summed E-state index contributed by atoms with van der Waals surface area (Å²) in [5.41, 5.74) is -0.167. The first-order chi connectivity index (χ1) is 8.66. The van der Waals surface area contributed by atoms with E-state index in [-0.39, 0.29) is 18.1 Å². The fraction of sp³-hybridized carbons (Fsp3) is 0.923. The number of likely N-dealkylation sites (tertiary alicyclic amines) is 1. The maximum Gasteiger partial charge on any atom is 0.305 e. The zero-order chi connectivity index (χ0) is 13.0. The summed E-state index contributed by atoms with van der Waals surface area (Å²) in [6.45, 7) is 6.39. The lowest BCUT2D eigenvalue weighted by molar-refractivity contribution is -0.143. The van der Waals surface area contributed by atoms with Crippen LogP contribution in [0.5, 0.6) is 0 Å². The molecule has 0 spiro atoms. The first-order valence-corrected chi connectivity index (χ1v) is 6.95. The smallest absolute Gasteiger partial charge is 0.305 e. The molecule has 0 bridgehead atoms. The number of carboxylic acids is 1. The Bertz CT molecular complexity index is 292. The number of ether oxygens (including phenoxy) is 1. The van der Waals surface area contributed by atoms with Gasteiger partial charge in [-0.1, -0.05) is 6.92 Å². The largest absolute Gasteiger partial charge is 0.481 e. The molecule has 2 aliphatic heterocycles. The highest BCUT2D eigenvalue weighted by atomic mass is 16.5. The van der Waals surface area contributed by atoms with Crippen LogP contribution in [0, 0.1) is 0 Å². The van der Waals surface area contributed by atoms with Crippen LogP contribution in [-0.4, -0.2) is 60.4 Å². The van der Waals surface area contributed by atoms with Crippen molar-refractivity contribution in [2.75, 3.05) is 32.8 Å². The molecular formula is C13H24N2O3. The van der Waals surface area contributed by atoms with Crippen molar-refractivity contribution >= 4 is 5.97 Å². The molecule has 0 aromatic heterocycles. The molecule has 2 N–H and O–H groups in total. The van der Waals surface area contributed by atoms with Crippen LogP contribution < -0.4 is 5.32 Å². The lowest BCUT2D eigenvalue weighted by Crippen LogP contribution is -2.71. The zero-order valence-corrected chi connectivity index (χ0v) is 11.2. The van der Waals surface area contributed by atoms with Gasteiger partial charge < -0.3 is 15.2 Å². The molecule has 5 heteroatoms. The maximum atomic E-state index is 11.0. The summed E-state index contributed by atoms with van der Waals surface area (Å²) in [5, 5.41) is 12.3. The fourth-order valence-corrected chi connectivity index (χ4v) is 2.95. The number of hydrogen-bond donors (Lipinski definition) is 2. The van der Waals surface area contributed by atoms with Crippen LogP contribution in [0.15, 0.2) is 0 Å². The standard InChI is InChI=1S/C13H24N2O3/c1-2-6-18-11-4-3-5-15(8-11)13(7-12(16)17)9-14-10-13/h11,14H,2-10H2,1H3,(H,16,17). The van der Waals surface area contributed by atoms with E-state index in [2.05, 4.69) is 17.1 Å². The lowest BCUT2D eigenvalue weighted by Gasteiger charge is -2.52. The topological polar surface area (TPSA) is 61.8 Å². The average Bonchev–Trinajstić information content (AvgIpc) is 2.31. The van der Waals surface area contributed by atoms with Gasteiger partial charge in [-0.25, -0.2) is 0 Å². The van der Waals surface area contributed by atoms with E-state index in [1.807, 2.05) is 0 Å². The highest BCUT2D eigenvalue weighted by Gasteiger charge is 2.45. The minimum Gasteiger partial charge on any atom is -0.481 e. The third kappa shape index (κ3) is 3.02. The van der Waals surface area contributed by atoms with Crippen LogP contribution in [0.2, 0.25) is 0 Å². The molecule has 0 aliphatic carbocycles. The van der Waals surface area contributed by atoms with Crippen molar-refractivity contribution < 1.29 is 14.6 Å². The summed E-state index contributed by atoms with van der Waals surface area (Å²) in [4.78, 5) is 13.4. The average molecular weight is 256 g/mol. The molecule has 2 aliphatic rings. The minimum atomic E-state index is -0.701. The molecule has 1 atom stereocenters. The predicted octanol–water partition coefficient (Wildman–Crippen LogP) is 0.694. The molecule has 2 fully saturated rings. The summed E-state index contributed by atoms with van der Waals surface area (Å²) in [6, 6.07) is 0. The highest BCUT2D eigenvalue weighted by Crippen LogP contribution is 2.29. The van der Waals surface area contributed by atoms with Crippen molar-refractivity contribution in [3.8, 4) is 0 Å². The normalized spacial score (nSPS) is 27.7. The number of carbonyl (C=O) groups is 1. The second-order valence-corrected chi connectivity index (χ2v) is 5.48. The predicted molar refractivity (Wildman–Crippen MR) is 68.7 cm³/mol. The Balaban J connectivity index is 1.92. The molecule has 0 radical (unpaired) electrons. The SMILES string of the molecule is CCCOC1CCCN(C2(CC(=O)O)CNC2)C1. The summed E-state index contributed by atoms with van der Waals surface area (Å²) in [6.07, 6.45) is 3.77. The van der Waals surface area contributed by atoms with Gasteiger partial charge in [-0.15, -0.1) is 0 Å². The Hall–Kier alpha value is -0.650. The van der Waals surface area contributed by atoms with E-state index in [1.165, 1.54) is 0 Å². The van der Waals surface area contributed by atoms with E-state index < -0.39 is 5.97 Å². The van der Waals surface area contributed by atoms with Gasteiger partial charge in [0.25, 0.3) is 0 Å². The number of carboxylic acid groups (broad SMARTS) is 1. The van der Waals surface area contributed by atoms with Crippen LogP contribution in [-0.2, 0) is 9.53 Å². The van der Waals surface area contributed by atoms with E-state index in [1.54, 1.807) is 0 Å². The minimum absolute atomic E-state index is 0.167. The fourth-order valence-electron chi connectivity index (χ4n) is 2.95. The van der Waals surface area contributed by atoms with Gasteiger partial charge in [0.15, 0.2) is 0 Å². The second-order valence-electron chi connectivity index (χ2n) is 5.48. The van der Waals surface area contributed by atoms with E-state index in [4.69, 9.17) is 9.84 Å². The molecular weight excluding hydrogens is 232 g/mol. The van der Waals surface area contributed by atoms with Crippen LogP contribution in [0.1, 0.15) is 32.6 Å². The quantitative estimate of drug-likeness (QED) is 0.732. The third-order valence-electron chi connectivity index (χ3n) is 4.00. The van der Waals surface area contributed by atoms with Crippen molar-refractivity contribution in [2.24, 2.45) is 0 Å². The molecule has 104 valence electrons. The number of aliphatic carboxylic acids is 1. The Morgan fingerprint density at radius 3 is 2.89 bits per heavy atom. The van der Waals surface area contributed by atoms with E-state index in [0.717, 1.165) is 52.0 Å². The first-order valence-electron chi connectivity index (χ1n) is 6.95. The molecule has 5 nitrogen and oxygen atoms in total. The Morgan fingerprint density at radius 1 is 1.56 bits per heavy atom. The van der Waals surface area contributed by atoms with Crippen LogP contribution in [0.25, 0.3) is 0 Å². The number of nitrogens with one attached hydrogen (secondary N) is 1. The zero-order valence-electron chi connectivity index (χ0n) is 11.2. The number of nitrogens with zero attached hydrogens (tertiary/aromatic N) is 1. The van der Waals surface area contributed by atoms with Gasteiger partial charge in [0.2, 0.25) is 0 Å². The van der Waals surface area contributed by atoms with Crippen molar-refractivity contribution in [3.05, 3.63) is 0 Å². The number of rotatable bonds is 6. The van der Waals surface area contributed by atoms with E-state index >= 15 is 0 Å². The number of piperidine rings is 1. The highest BCUT2D eigenvalue weighted by molar-refractivity contribution is 5.68. The van der Waals surface area contributed by atoms with Crippen LogP contribution in [0.3, 0.4) is 0 Å². The summed E-state index contributed by atoms with van der Waals surface area (Å²) < 4.78 is 5.82. The summed E-state index contributed by atoms with van der Waals surface area (Å²) in [7, 11) is 0. The maximum absolute atomic E-state index is 11.0. The van der Waals surface area contributed by atoms with E-state index in [9.17, 15) is 4.79 Å². The molecule has 0 saturated carbocycles. The Morgan fingerprint density at radius 2 is 2.33 bits per heavy atom. The van der Waals surface area contributed by atoms with Crippen LogP contribution in [0.4, 0.5) is 0 Å². The van der Waals surface area contributed by atoms with Crippen LogP contribution >= 0.6 is 0 Å². The van der Waals surface area contributed by atoms with Gasteiger partial charge >= 0.3 is 5.97 Å². The molecule has 2 heterocycles. The van der Waals surface area contributed by atoms with Crippen molar-refractivity contribution in [3.63, 3.8) is 0 Å². The lowest BCUT2D eigenvalue weighted by atomic mass is 9.84. The van der Waals surface area contributed by atoms with Gasteiger partial charge in [-0.05, 0) is 25.8 Å². The molecule has 18 heavy (non-hydrogen) atoms. The Labute approximate surface area is 108 Å². The number of hydrogen-bond acceptors (Lipinski definition) is 4. The molecule has 1 unspecified atom stereocenters. The van der Waals surface area contributed by atoms with Gasteiger partial charge in [0.1, 0.15) is 0 Å². The van der Waals surface area contributed by atoms with Gasteiger partial charge in [0.05, 0.1) is 18.1 Å². The van der Waals surface area contributed by atoms with Gasteiger partial charge in [-0.2, -0.15) is 0 Å². The molecule has 2 rings (SSSR count). The second kappa shape index (κ2) is 5.99. The molecule has 0 amide bonds. The van der Waals surface area contributed by atoms with Crippen molar-refractivity contribution in [1.82, 2.24) is 10.2 Å². The van der Waals surface area contributed by atoms with Crippen molar-refractivity contribution in [1.29, 1.82) is 0 Å². The van der Waals surface area contributed by atoms with Gasteiger partial charge in [-0.3, -0.25) is 9.69 Å². The molecule has 2 saturated heterocycles. The Kier molecular flexibility index (Phi) is 4.59. The first kappa shape index (κ1) is 13.8. The summed E-state index contributed by atoms with van der Waals surface area (Å²) in [5.74, 6) is -0.701. The van der Waals surface area contributed by atoms with Gasteiger partial charge in [0, 0.05) is 26.2 Å². The molecule has 0 aromatic rings.